The Labute approximate surface area is 107 Å². The summed E-state index contributed by atoms with van der Waals surface area (Å²) in [7, 11) is 4.21. The lowest BCUT2D eigenvalue weighted by molar-refractivity contribution is 0.414. The molecule has 0 bridgehead atoms. The van der Waals surface area contributed by atoms with Crippen molar-refractivity contribution in [3.63, 3.8) is 0 Å². The molecule has 0 rings (SSSR count). The summed E-state index contributed by atoms with van der Waals surface area (Å²) in [5.74, 6) is 0.593. The van der Waals surface area contributed by atoms with E-state index in [0.29, 0.717) is 5.92 Å². The zero-order valence-corrected chi connectivity index (χ0v) is 12.1. The van der Waals surface area contributed by atoms with E-state index in [9.17, 15) is 0 Å². The third-order valence-electron chi connectivity index (χ3n) is 2.85. The predicted octanol–water partition coefficient (Wildman–Crippen LogP) is 3.55. The standard InChI is InChI=1S/C15H28N2/c1-7-9-13(3)12-16-11-10-14(4)15(8-2)17(5)6/h7-8,12,14,16H,1,9-11H2,2-6H3/b13-12+,15-8+. The van der Waals surface area contributed by atoms with Gasteiger partial charge in [-0.25, -0.2) is 0 Å². The minimum absolute atomic E-state index is 0.593. The molecule has 2 heteroatoms. The summed E-state index contributed by atoms with van der Waals surface area (Å²) in [6, 6.07) is 0. The number of nitrogens with zero attached hydrogens (tertiary/aromatic N) is 1. The zero-order valence-electron chi connectivity index (χ0n) is 12.1. The smallest absolute Gasteiger partial charge is 0.0147 e. The highest BCUT2D eigenvalue weighted by molar-refractivity contribution is 5.03. The van der Waals surface area contributed by atoms with Gasteiger partial charge in [-0.05, 0) is 38.8 Å². The minimum Gasteiger partial charge on any atom is -0.391 e. The summed E-state index contributed by atoms with van der Waals surface area (Å²) in [4.78, 5) is 2.20. The first-order chi connectivity index (χ1) is 8.02. The Bertz CT molecular complexity index is 275. The Kier molecular flexibility index (Phi) is 8.29. The third kappa shape index (κ3) is 6.88. The van der Waals surface area contributed by atoms with Crippen molar-refractivity contribution >= 4 is 0 Å². The molecule has 0 aromatic heterocycles. The summed E-state index contributed by atoms with van der Waals surface area (Å²) in [5, 5.41) is 3.36. The van der Waals surface area contributed by atoms with E-state index in [-0.39, 0.29) is 0 Å². The van der Waals surface area contributed by atoms with Crippen LogP contribution in [0.4, 0.5) is 0 Å². The minimum atomic E-state index is 0.593. The van der Waals surface area contributed by atoms with Crippen LogP contribution in [0, 0.1) is 5.92 Å². The molecule has 0 aliphatic heterocycles. The first-order valence-electron chi connectivity index (χ1n) is 6.36. The van der Waals surface area contributed by atoms with Gasteiger partial charge in [0.15, 0.2) is 0 Å². The molecule has 0 spiro atoms. The lowest BCUT2D eigenvalue weighted by atomic mass is 10.0. The molecule has 17 heavy (non-hydrogen) atoms. The summed E-state index contributed by atoms with van der Waals surface area (Å²) in [6.07, 6.45) is 8.33. The van der Waals surface area contributed by atoms with Crippen molar-refractivity contribution in [3.8, 4) is 0 Å². The fraction of sp³-hybridized carbons (Fsp3) is 0.600. The van der Waals surface area contributed by atoms with Crippen LogP contribution < -0.4 is 5.32 Å². The van der Waals surface area contributed by atoms with Gasteiger partial charge in [-0.15, -0.1) is 6.58 Å². The Hall–Kier alpha value is -1.18. The van der Waals surface area contributed by atoms with Crippen LogP contribution in [0.15, 0.2) is 36.2 Å². The second kappa shape index (κ2) is 8.91. The van der Waals surface area contributed by atoms with Crippen LogP contribution in [-0.2, 0) is 0 Å². The normalized spacial score (nSPS) is 14.4. The second-order valence-corrected chi connectivity index (χ2v) is 4.74. The lowest BCUT2D eigenvalue weighted by Gasteiger charge is -2.23. The number of nitrogens with one attached hydrogen (secondary N) is 1. The van der Waals surface area contributed by atoms with Crippen LogP contribution in [0.25, 0.3) is 0 Å². The van der Waals surface area contributed by atoms with Gasteiger partial charge in [0.25, 0.3) is 0 Å². The highest BCUT2D eigenvalue weighted by Gasteiger charge is 2.08. The molecule has 1 N–H and O–H groups in total. The molecular formula is C15H28N2. The van der Waals surface area contributed by atoms with Gasteiger partial charge in [-0.1, -0.05) is 24.6 Å². The van der Waals surface area contributed by atoms with Crippen molar-refractivity contribution in [2.75, 3.05) is 20.6 Å². The number of hydrogen-bond acceptors (Lipinski definition) is 2. The molecule has 0 aliphatic rings. The quantitative estimate of drug-likeness (QED) is 0.512. The van der Waals surface area contributed by atoms with E-state index in [1.54, 1.807) is 0 Å². The van der Waals surface area contributed by atoms with Crippen LogP contribution in [0.3, 0.4) is 0 Å². The average molecular weight is 236 g/mol. The van der Waals surface area contributed by atoms with Gasteiger partial charge in [0.2, 0.25) is 0 Å². The average Bonchev–Trinajstić information content (AvgIpc) is 2.25. The van der Waals surface area contributed by atoms with Gasteiger partial charge in [0.05, 0.1) is 0 Å². The van der Waals surface area contributed by atoms with Crippen LogP contribution >= 0.6 is 0 Å². The maximum Gasteiger partial charge on any atom is 0.0147 e. The maximum atomic E-state index is 3.73. The number of allylic oxidation sites excluding steroid dienone is 4. The molecule has 0 amide bonds. The summed E-state index contributed by atoms with van der Waals surface area (Å²) < 4.78 is 0. The number of rotatable bonds is 8. The predicted molar refractivity (Wildman–Crippen MR) is 77.8 cm³/mol. The lowest BCUT2D eigenvalue weighted by Crippen LogP contribution is -2.20. The molecule has 0 heterocycles. The molecule has 0 radical (unpaired) electrons. The number of hydrogen-bond donors (Lipinski definition) is 1. The van der Waals surface area contributed by atoms with E-state index >= 15 is 0 Å². The third-order valence-corrected chi connectivity index (χ3v) is 2.85. The zero-order chi connectivity index (χ0) is 13.3. The van der Waals surface area contributed by atoms with E-state index < -0.39 is 0 Å². The van der Waals surface area contributed by atoms with Crippen molar-refractivity contribution in [3.05, 3.63) is 36.2 Å². The van der Waals surface area contributed by atoms with Gasteiger partial charge in [-0.3, -0.25) is 0 Å². The van der Waals surface area contributed by atoms with E-state index in [2.05, 4.69) is 63.9 Å². The summed E-state index contributed by atoms with van der Waals surface area (Å²) in [6.45, 7) is 11.2. The fourth-order valence-corrected chi connectivity index (χ4v) is 1.96. The van der Waals surface area contributed by atoms with Gasteiger partial charge in [0, 0.05) is 26.3 Å². The molecule has 0 saturated carbocycles. The molecule has 0 fully saturated rings. The molecule has 0 aromatic rings. The Morgan fingerprint density at radius 3 is 2.53 bits per heavy atom. The van der Waals surface area contributed by atoms with Crippen molar-refractivity contribution in [1.82, 2.24) is 10.2 Å². The van der Waals surface area contributed by atoms with Crippen LogP contribution in [0.1, 0.15) is 33.6 Å². The van der Waals surface area contributed by atoms with Gasteiger partial charge in [-0.2, -0.15) is 0 Å². The van der Waals surface area contributed by atoms with Crippen LogP contribution in [0.2, 0.25) is 0 Å². The highest BCUT2D eigenvalue weighted by Crippen LogP contribution is 2.15. The Balaban J connectivity index is 3.97. The Morgan fingerprint density at radius 1 is 1.41 bits per heavy atom. The molecule has 0 saturated heterocycles. The van der Waals surface area contributed by atoms with Gasteiger partial charge < -0.3 is 10.2 Å². The summed E-state index contributed by atoms with van der Waals surface area (Å²) in [5.41, 5.74) is 2.73. The second-order valence-electron chi connectivity index (χ2n) is 4.74. The fourth-order valence-electron chi connectivity index (χ4n) is 1.96. The molecular weight excluding hydrogens is 208 g/mol. The van der Waals surface area contributed by atoms with E-state index in [0.717, 1.165) is 19.4 Å². The first kappa shape index (κ1) is 15.8. The summed E-state index contributed by atoms with van der Waals surface area (Å²) >= 11 is 0. The van der Waals surface area contributed by atoms with E-state index in [1.165, 1.54) is 11.3 Å². The maximum absolute atomic E-state index is 3.73. The van der Waals surface area contributed by atoms with Crippen LogP contribution in [-0.4, -0.2) is 25.5 Å². The van der Waals surface area contributed by atoms with Crippen molar-refractivity contribution in [1.29, 1.82) is 0 Å². The van der Waals surface area contributed by atoms with Crippen molar-refractivity contribution in [2.45, 2.75) is 33.6 Å². The molecule has 98 valence electrons. The largest absolute Gasteiger partial charge is 0.391 e. The molecule has 1 atom stereocenters. The van der Waals surface area contributed by atoms with Crippen molar-refractivity contribution < 1.29 is 0 Å². The Morgan fingerprint density at radius 2 is 2.06 bits per heavy atom. The first-order valence-corrected chi connectivity index (χ1v) is 6.36. The molecule has 2 nitrogen and oxygen atoms in total. The van der Waals surface area contributed by atoms with Gasteiger partial charge >= 0.3 is 0 Å². The SMILES string of the molecule is C=CC/C(C)=C/NCCC(C)/C(=C\C)N(C)C. The van der Waals surface area contributed by atoms with Crippen LogP contribution in [0.5, 0.6) is 0 Å². The van der Waals surface area contributed by atoms with E-state index in [1.807, 2.05) is 6.08 Å². The molecule has 0 aromatic carbocycles. The van der Waals surface area contributed by atoms with Gasteiger partial charge in [0.1, 0.15) is 0 Å². The highest BCUT2D eigenvalue weighted by atomic mass is 15.1. The molecule has 0 aliphatic carbocycles. The molecule has 1 unspecified atom stereocenters. The van der Waals surface area contributed by atoms with Crippen molar-refractivity contribution in [2.24, 2.45) is 5.92 Å². The monoisotopic (exact) mass is 236 g/mol. The topological polar surface area (TPSA) is 15.3 Å². The van der Waals surface area contributed by atoms with E-state index in [4.69, 9.17) is 0 Å².